The van der Waals surface area contributed by atoms with Crippen molar-refractivity contribution in [1.82, 2.24) is 4.90 Å². The number of halogens is 2. The van der Waals surface area contributed by atoms with Crippen molar-refractivity contribution in [3.63, 3.8) is 0 Å². The van der Waals surface area contributed by atoms with E-state index in [2.05, 4.69) is 32.8 Å². The fourth-order valence-electron chi connectivity index (χ4n) is 2.03. The standard InChI is InChI=1S/C12H17BrFN3/c1-16-4-6-17(7-5-16)10-3-2-9(8-15)11(13)12(10)14/h2-3H,4-8,15H2,1H3. The van der Waals surface area contributed by atoms with Gasteiger partial charge in [0, 0.05) is 32.7 Å². The predicted octanol–water partition coefficient (Wildman–Crippen LogP) is 1.80. The first-order chi connectivity index (χ1) is 8.13. The number of hydrogen-bond acceptors (Lipinski definition) is 3. The minimum absolute atomic E-state index is 0.197. The molecule has 1 aliphatic rings. The Kier molecular flexibility index (Phi) is 4.01. The number of benzene rings is 1. The maximum absolute atomic E-state index is 14.2. The molecule has 2 N–H and O–H groups in total. The average molecular weight is 302 g/mol. The van der Waals surface area contributed by atoms with E-state index in [1.807, 2.05) is 12.1 Å². The van der Waals surface area contributed by atoms with Crippen molar-refractivity contribution in [1.29, 1.82) is 0 Å². The third-order valence-electron chi connectivity index (χ3n) is 3.21. The summed E-state index contributed by atoms with van der Waals surface area (Å²) in [5, 5.41) is 0. The summed E-state index contributed by atoms with van der Waals surface area (Å²) >= 11 is 3.28. The Morgan fingerprint density at radius 1 is 1.29 bits per heavy atom. The van der Waals surface area contributed by atoms with Crippen molar-refractivity contribution in [3.05, 3.63) is 28.0 Å². The van der Waals surface area contributed by atoms with Crippen LogP contribution in [0.3, 0.4) is 0 Å². The zero-order valence-corrected chi connectivity index (χ0v) is 11.5. The highest BCUT2D eigenvalue weighted by molar-refractivity contribution is 9.10. The number of anilines is 1. The molecule has 1 aromatic carbocycles. The summed E-state index contributed by atoms with van der Waals surface area (Å²) in [4.78, 5) is 4.33. The smallest absolute Gasteiger partial charge is 0.160 e. The first-order valence-electron chi connectivity index (χ1n) is 5.74. The van der Waals surface area contributed by atoms with Crippen molar-refractivity contribution in [2.24, 2.45) is 5.73 Å². The van der Waals surface area contributed by atoms with Crippen molar-refractivity contribution in [2.45, 2.75) is 6.54 Å². The van der Waals surface area contributed by atoms with Crippen molar-refractivity contribution in [3.8, 4) is 0 Å². The highest BCUT2D eigenvalue weighted by Gasteiger charge is 2.19. The lowest BCUT2D eigenvalue weighted by atomic mass is 10.1. The number of nitrogens with two attached hydrogens (primary N) is 1. The molecule has 0 radical (unpaired) electrons. The summed E-state index contributed by atoms with van der Waals surface area (Å²) in [5.41, 5.74) is 7.02. The highest BCUT2D eigenvalue weighted by atomic mass is 79.9. The van der Waals surface area contributed by atoms with Gasteiger partial charge in [-0.1, -0.05) is 6.07 Å². The Bertz CT molecular complexity index is 403. The molecule has 17 heavy (non-hydrogen) atoms. The van der Waals surface area contributed by atoms with Crippen molar-refractivity contribution < 1.29 is 4.39 Å². The lowest BCUT2D eigenvalue weighted by Gasteiger charge is -2.34. The molecule has 0 bridgehead atoms. The van der Waals surface area contributed by atoms with Crippen molar-refractivity contribution in [2.75, 3.05) is 38.1 Å². The Balaban J connectivity index is 2.24. The van der Waals surface area contributed by atoms with Crippen LogP contribution in [-0.2, 0) is 6.54 Å². The van der Waals surface area contributed by atoms with E-state index >= 15 is 0 Å². The molecule has 1 aromatic rings. The SMILES string of the molecule is CN1CCN(c2ccc(CN)c(Br)c2F)CC1. The molecule has 0 saturated carbocycles. The van der Waals surface area contributed by atoms with Crippen molar-refractivity contribution >= 4 is 21.6 Å². The second-order valence-electron chi connectivity index (χ2n) is 4.37. The third kappa shape index (κ3) is 2.61. The fraction of sp³-hybridized carbons (Fsp3) is 0.500. The number of nitrogens with zero attached hydrogens (tertiary/aromatic N) is 2. The van der Waals surface area contributed by atoms with Gasteiger partial charge in [-0.05, 0) is 34.6 Å². The van der Waals surface area contributed by atoms with Gasteiger partial charge in [-0.3, -0.25) is 0 Å². The minimum Gasteiger partial charge on any atom is -0.367 e. The second kappa shape index (κ2) is 5.33. The van der Waals surface area contributed by atoms with Crippen LogP contribution in [-0.4, -0.2) is 38.1 Å². The van der Waals surface area contributed by atoms with E-state index in [1.165, 1.54) is 0 Å². The molecule has 0 amide bonds. The third-order valence-corrected chi connectivity index (χ3v) is 4.06. The molecule has 94 valence electrons. The van der Waals surface area contributed by atoms with Crippen LogP contribution in [0.1, 0.15) is 5.56 Å². The maximum Gasteiger partial charge on any atom is 0.160 e. The van der Waals surface area contributed by atoms with E-state index in [9.17, 15) is 4.39 Å². The Hall–Kier alpha value is -0.650. The van der Waals surface area contributed by atoms with Gasteiger partial charge in [0.2, 0.25) is 0 Å². The lowest BCUT2D eigenvalue weighted by molar-refractivity contribution is 0.311. The van der Waals surface area contributed by atoms with E-state index < -0.39 is 0 Å². The number of rotatable bonds is 2. The van der Waals surface area contributed by atoms with Crippen LogP contribution in [0, 0.1) is 5.82 Å². The molecule has 0 atom stereocenters. The topological polar surface area (TPSA) is 32.5 Å². The normalized spacial score (nSPS) is 17.5. The molecule has 2 rings (SSSR count). The van der Waals surface area contributed by atoms with Crippen LogP contribution in [0.2, 0.25) is 0 Å². The number of piperazine rings is 1. The zero-order chi connectivity index (χ0) is 12.4. The highest BCUT2D eigenvalue weighted by Crippen LogP contribution is 2.29. The van der Waals surface area contributed by atoms with E-state index in [0.717, 1.165) is 31.7 Å². The van der Waals surface area contributed by atoms with Crippen LogP contribution in [0.5, 0.6) is 0 Å². The Morgan fingerprint density at radius 2 is 1.94 bits per heavy atom. The summed E-state index contributed by atoms with van der Waals surface area (Å²) in [7, 11) is 2.08. The molecule has 0 aromatic heterocycles. The molecule has 3 nitrogen and oxygen atoms in total. The molecular weight excluding hydrogens is 285 g/mol. The average Bonchev–Trinajstić information content (AvgIpc) is 2.34. The van der Waals surface area contributed by atoms with E-state index in [1.54, 1.807) is 0 Å². The maximum atomic E-state index is 14.2. The Labute approximate surface area is 110 Å². The molecule has 1 aliphatic heterocycles. The fourth-order valence-corrected chi connectivity index (χ4v) is 2.53. The monoisotopic (exact) mass is 301 g/mol. The molecule has 1 saturated heterocycles. The summed E-state index contributed by atoms with van der Waals surface area (Å²) in [6.07, 6.45) is 0. The molecule has 0 unspecified atom stereocenters. The molecular formula is C12H17BrFN3. The van der Waals surface area contributed by atoms with E-state index in [0.29, 0.717) is 16.7 Å². The number of hydrogen-bond donors (Lipinski definition) is 1. The van der Waals surface area contributed by atoms with Gasteiger partial charge in [0.25, 0.3) is 0 Å². The summed E-state index contributed by atoms with van der Waals surface area (Å²) in [6.45, 7) is 4.01. The van der Waals surface area contributed by atoms with Gasteiger partial charge in [0.15, 0.2) is 5.82 Å². The number of likely N-dealkylation sites (N-methyl/N-ethyl adjacent to an activating group) is 1. The predicted molar refractivity (Wildman–Crippen MR) is 71.7 cm³/mol. The lowest BCUT2D eigenvalue weighted by Crippen LogP contribution is -2.44. The molecule has 1 fully saturated rings. The Morgan fingerprint density at radius 3 is 2.53 bits per heavy atom. The van der Waals surface area contributed by atoms with Crippen LogP contribution in [0.15, 0.2) is 16.6 Å². The molecule has 5 heteroatoms. The largest absolute Gasteiger partial charge is 0.367 e. The summed E-state index contributed by atoms with van der Waals surface area (Å²) in [5.74, 6) is -0.197. The van der Waals surface area contributed by atoms with Crippen LogP contribution >= 0.6 is 15.9 Å². The van der Waals surface area contributed by atoms with Crippen LogP contribution in [0.4, 0.5) is 10.1 Å². The second-order valence-corrected chi connectivity index (χ2v) is 5.16. The van der Waals surface area contributed by atoms with Gasteiger partial charge in [-0.2, -0.15) is 0 Å². The van der Waals surface area contributed by atoms with Crippen LogP contribution in [0.25, 0.3) is 0 Å². The summed E-state index contributed by atoms with van der Waals surface area (Å²) in [6, 6.07) is 3.72. The van der Waals surface area contributed by atoms with Gasteiger partial charge in [0.1, 0.15) is 0 Å². The molecule has 1 heterocycles. The first-order valence-corrected chi connectivity index (χ1v) is 6.53. The minimum atomic E-state index is -0.197. The van der Waals surface area contributed by atoms with Gasteiger partial charge < -0.3 is 15.5 Å². The quantitative estimate of drug-likeness (QED) is 0.904. The van der Waals surface area contributed by atoms with Gasteiger partial charge in [-0.25, -0.2) is 4.39 Å². The zero-order valence-electron chi connectivity index (χ0n) is 9.92. The summed E-state index contributed by atoms with van der Waals surface area (Å²) < 4.78 is 14.7. The van der Waals surface area contributed by atoms with Crippen LogP contribution < -0.4 is 10.6 Å². The van der Waals surface area contributed by atoms with Gasteiger partial charge in [-0.15, -0.1) is 0 Å². The first kappa shape index (κ1) is 12.8. The van der Waals surface area contributed by atoms with E-state index in [-0.39, 0.29) is 5.82 Å². The molecule has 0 spiro atoms. The van der Waals surface area contributed by atoms with E-state index in [4.69, 9.17) is 5.73 Å². The van der Waals surface area contributed by atoms with Gasteiger partial charge in [0.05, 0.1) is 10.2 Å². The molecule has 0 aliphatic carbocycles. The van der Waals surface area contributed by atoms with Gasteiger partial charge >= 0.3 is 0 Å².